The zero-order valence-electron chi connectivity index (χ0n) is 7.58. The second-order valence-corrected chi connectivity index (χ2v) is 3.29. The van der Waals surface area contributed by atoms with E-state index >= 15 is 0 Å². The molecule has 0 saturated heterocycles. The Kier molecular flexibility index (Phi) is 4.28. The van der Waals surface area contributed by atoms with E-state index in [1.54, 1.807) is 11.3 Å². The number of hydrogen-bond acceptors (Lipinski definition) is 3. The van der Waals surface area contributed by atoms with Crippen molar-refractivity contribution in [2.24, 2.45) is 10.8 Å². The van der Waals surface area contributed by atoms with E-state index in [-0.39, 0.29) is 0 Å². The van der Waals surface area contributed by atoms with Crippen LogP contribution in [0.2, 0.25) is 0 Å². The van der Waals surface area contributed by atoms with Gasteiger partial charge in [0.05, 0.1) is 5.69 Å². The Morgan fingerprint density at radius 3 is 3.08 bits per heavy atom. The van der Waals surface area contributed by atoms with Crippen molar-refractivity contribution < 1.29 is 0 Å². The number of guanidine groups is 1. The Bertz CT molecular complexity index is 255. The van der Waals surface area contributed by atoms with Gasteiger partial charge >= 0.3 is 0 Å². The molecule has 4 nitrogen and oxygen atoms in total. The third-order valence-corrected chi connectivity index (χ3v) is 2.10. The zero-order valence-corrected chi connectivity index (χ0v) is 8.40. The Balaban J connectivity index is 2.49. The molecule has 0 aliphatic heterocycles. The van der Waals surface area contributed by atoms with E-state index in [4.69, 9.17) is 5.84 Å². The van der Waals surface area contributed by atoms with Crippen LogP contribution >= 0.6 is 11.3 Å². The lowest BCUT2D eigenvalue weighted by molar-refractivity contribution is 0.905. The summed E-state index contributed by atoms with van der Waals surface area (Å²) in [5.74, 6) is 5.90. The number of anilines is 1. The van der Waals surface area contributed by atoms with Crippen LogP contribution in [0.5, 0.6) is 0 Å². The van der Waals surface area contributed by atoms with E-state index in [1.165, 1.54) is 0 Å². The molecule has 72 valence electrons. The van der Waals surface area contributed by atoms with Gasteiger partial charge in [-0.15, -0.1) is 0 Å². The first-order valence-electron chi connectivity index (χ1n) is 4.17. The quantitative estimate of drug-likeness (QED) is 0.298. The van der Waals surface area contributed by atoms with Gasteiger partial charge < -0.3 is 5.32 Å². The van der Waals surface area contributed by atoms with E-state index in [1.807, 2.05) is 16.8 Å². The molecule has 4 N–H and O–H groups in total. The van der Waals surface area contributed by atoms with Gasteiger partial charge in [0.25, 0.3) is 0 Å². The molecule has 0 bridgehead atoms. The summed E-state index contributed by atoms with van der Waals surface area (Å²) in [5, 5.41) is 7.06. The van der Waals surface area contributed by atoms with E-state index in [9.17, 15) is 0 Å². The van der Waals surface area contributed by atoms with Gasteiger partial charge in [-0.3, -0.25) is 10.4 Å². The molecule has 0 aliphatic rings. The molecule has 1 rings (SSSR count). The Morgan fingerprint density at radius 2 is 2.54 bits per heavy atom. The lowest BCUT2D eigenvalue weighted by atomic mass is 10.5. The van der Waals surface area contributed by atoms with E-state index < -0.39 is 0 Å². The second kappa shape index (κ2) is 5.55. The molecule has 13 heavy (non-hydrogen) atoms. The molecule has 0 unspecified atom stereocenters. The van der Waals surface area contributed by atoms with E-state index in [0.29, 0.717) is 5.96 Å². The van der Waals surface area contributed by atoms with Gasteiger partial charge in [0, 0.05) is 11.9 Å². The summed E-state index contributed by atoms with van der Waals surface area (Å²) < 4.78 is 0. The topological polar surface area (TPSA) is 62.4 Å². The maximum absolute atomic E-state index is 5.29. The van der Waals surface area contributed by atoms with E-state index in [0.717, 1.165) is 18.7 Å². The van der Waals surface area contributed by atoms with Crippen molar-refractivity contribution in [1.29, 1.82) is 0 Å². The highest BCUT2D eigenvalue weighted by Crippen LogP contribution is 2.10. The van der Waals surface area contributed by atoms with Crippen LogP contribution in [0.3, 0.4) is 0 Å². The highest BCUT2D eigenvalue weighted by Gasteiger charge is 1.96. The van der Waals surface area contributed by atoms with Crippen LogP contribution < -0.4 is 16.6 Å². The predicted molar refractivity (Wildman–Crippen MR) is 57.9 cm³/mol. The van der Waals surface area contributed by atoms with Crippen LogP contribution in [0.25, 0.3) is 0 Å². The Labute approximate surface area is 81.8 Å². The molecular formula is C8H14N4S. The van der Waals surface area contributed by atoms with Crippen molar-refractivity contribution in [3.05, 3.63) is 16.8 Å². The van der Waals surface area contributed by atoms with E-state index in [2.05, 4.69) is 22.7 Å². The van der Waals surface area contributed by atoms with Crippen LogP contribution in [0.4, 0.5) is 5.69 Å². The molecule has 1 heterocycles. The minimum atomic E-state index is 0.611. The van der Waals surface area contributed by atoms with Crippen molar-refractivity contribution in [3.8, 4) is 0 Å². The summed E-state index contributed by atoms with van der Waals surface area (Å²) in [6.45, 7) is 2.85. The number of aliphatic imine (C=N–C) groups is 1. The molecule has 1 aromatic heterocycles. The van der Waals surface area contributed by atoms with Crippen molar-refractivity contribution >= 4 is 23.0 Å². The summed E-state index contributed by atoms with van der Waals surface area (Å²) in [6.07, 6.45) is 1.01. The third kappa shape index (κ3) is 3.43. The minimum Gasteiger partial charge on any atom is -0.325 e. The van der Waals surface area contributed by atoms with Crippen molar-refractivity contribution in [2.75, 3.05) is 11.9 Å². The average molecular weight is 198 g/mol. The number of hydrogen-bond donors (Lipinski definition) is 3. The molecule has 0 saturated carbocycles. The Morgan fingerprint density at radius 1 is 1.69 bits per heavy atom. The molecule has 0 fully saturated rings. The molecule has 0 amide bonds. The van der Waals surface area contributed by atoms with Gasteiger partial charge in [-0.25, -0.2) is 5.84 Å². The van der Waals surface area contributed by atoms with Crippen molar-refractivity contribution in [1.82, 2.24) is 5.43 Å². The molecule has 0 radical (unpaired) electrons. The summed E-state index contributed by atoms with van der Waals surface area (Å²) in [5.41, 5.74) is 3.53. The van der Waals surface area contributed by atoms with Crippen LogP contribution in [0, 0.1) is 0 Å². The van der Waals surface area contributed by atoms with Crippen LogP contribution in [0.15, 0.2) is 21.8 Å². The predicted octanol–water partition coefficient (Wildman–Crippen LogP) is 1.39. The molecule has 0 aromatic carbocycles. The van der Waals surface area contributed by atoms with Gasteiger partial charge in [-0.2, -0.15) is 11.3 Å². The summed E-state index contributed by atoms with van der Waals surface area (Å²) in [7, 11) is 0. The molecule has 5 heteroatoms. The average Bonchev–Trinajstić information content (AvgIpc) is 2.64. The van der Waals surface area contributed by atoms with Gasteiger partial charge in [0.15, 0.2) is 0 Å². The fraction of sp³-hybridized carbons (Fsp3) is 0.375. The highest BCUT2D eigenvalue weighted by molar-refractivity contribution is 7.08. The fourth-order valence-electron chi connectivity index (χ4n) is 0.817. The van der Waals surface area contributed by atoms with Gasteiger partial charge in [-0.1, -0.05) is 6.92 Å². The van der Waals surface area contributed by atoms with Crippen LogP contribution in [-0.2, 0) is 0 Å². The van der Waals surface area contributed by atoms with Gasteiger partial charge in [-0.05, 0) is 17.9 Å². The number of nitrogens with two attached hydrogens (primary N) is 1. The molecule has 0 aliphatic carbocycles. The molecule has 1 aromatic rings. The van der Waals surface area contributed by atoms with Crippen LogP contribution in [-0.4, -0.2) is 12.5 Å². The molecule has 0 spiro atoms. The van der Waals surface area contributed by atoms with Crippen LogP contribution in [0.1, 0.15) is 13.3 Å². The normalized spacial score (nSPS) is 11.4. The smallest absolute Gasteiger partial charge is 0.210 e. The lowest BCUT2D eigenvalue weighted by Crippen LogP contribution is -2.36. The number of thiophene rings is 1. The first-order chi connectivity index (χ1) is 6.36. The molecule has 0 atom stereocenters. The SMILES string of the molecule is CCCN=C(NN)Nc1ccsc1. The number of nitrogens with zero attached hydrogens (tertiary/aromatic N) is 1. The highest BCUT2D eigenvalue weighted by atomic mass is 32.1. The first-order valence-corrected chi connectivity index (χ1v) is 5.11. The monoisotopic (exact) mass is 198 g/mol. The Hall–Kier alpha value is -1.07. The number of nitrogens with one attached hydrogen (secondary N) is 2. The molecular weight excluding hydrogens is 184 g/mol. The maximum Gasteiger partial charge on any atom is 0.210 e. The second-order valence-electron chi connectivity index (χ2n) is 2.51. The third-order valence-electron chi connectivity index (χ3n) is 1.41. The minimum absolute atomic E-state index is 0.611. The van der Waals surface area contributed by atoms with Crippen molar-refractivity contribution in [3.63, 3.8) is 0 Å². The fourth-order valence-corrected chi connectivity index (χ4v) is 1.41. The summed E-state index contributed by atoms with van der Waals surface area (Å²) in [4.78, 5) is 4.21. The number of rotatable bonds is 3. The summed E-state index contributed by atoms with van der Waals surface area (Å²) >= 11 is 1.63. The maximum atomic E-state index is 5.29. The zero-order chi connectivity index (χ0) is 9.52. The first kappa shape index (κ1) is 10.0. The lowest BCUT2D eigenvalue weighted by Gasteiger charge is -2.06. The largest absolute Gasteiger partial charge is 0.325 e. The number of hydrazine groups is 1. The van der Waals surface area contributed by atoms with Gasteiger partial charge in [0.2, 0.25) is 5.96 Å². The standard InChI is InChI=1S/C8H14N4S/c1-2-4-10-8(12-9)11-7-3-5-13-6-7/h3,5-6H,2,4,9H2,1H3,(H2,10,11,12). The van der Waals surface area contributed by atoms with Gasteiger partial charge in [0.1, 0.15) is 0 Å². The van der Waals surface area contributed by atoms with Crippen molar-refractivity contribution in [2.45, 2.75) is 13.3 Å². The summed E-state index contributed by atoms with van der Waals surface area (Å²) in [6, 6.07) is 1.98.